The summed E-state index contributed by atoms with van der Waals surface area (Å²) in [7, 11) is 0. The molecule has 69 heavy (non-hydrogen) atoms. The molecule has 0 unspecified atom stereocenters. The predicted molar refractivity (Wildman–Crippen MR) is 235 cm³/mol. The Balaban J connectivity index is 0.896. The molecule has 0 bridgehead atoms. The topological polar surface area (TPSA) is 332 Å². The second-order valence-electron chi connectivity index (χ2n) is 16.2. The molecule has 1 aromatic carbocycles. The number of carbonyl (C=O) groups is 9. The fraction of sp³-hybridized carbons (Fsp3) is 0.444. The van der Waals surface area contributed by atoms with E-state index >= 15 is 0 Å². The van der Waals surface area contributed by atoms with Gasteiger partial charge < -0.3 is 60.9 Å². The molecule has 0 saturated heterocycles. The Bertz CT molecular complexity index is 2630. The molecular weight excluding hydrogens is 912 g/mol. The van der Waals surface area contributed by atoms with Gasteiger partial charge in [0.05, 0.1) is 67.9 Å². The second-order valence-corrected chi connectivity index (χ2v) is 16.2. The number of cyclic esters (lactones) is 1. The van der Waals surface area contributed by atoms with Crippen LogP contribution in [0.4, 0.5) is 4.39 Å². The molecule has 4 heterocycles. The van der Waals surface area contributed by atoms with Crippen molar-refractivity contribution in [1.29, 1.82) is 0 Å². The van der Waals surface area contributed by atoms with E-state index < -0.39 is 84.8 Å². The molecule has 8 N–H and O–H groups in total. The van der Waals surface area contributed by atoms with Crippen LogP contribution in [0.5, 0.6) is 0 Å². The number of ketones is 2. The predicted octanol–water partition coefficient (Wildman–Crippen LogP) is -1.82. The monoisotopic (exact) mass is 962 g/mol. The zero-order valence-corrected chi connectivity index (χ0v) is 37.4. The van der Waals surface area contributed by atoms with Gasteiger partial charge in [0.15, 0.2) is 17.7 Å². The highest BCUT2D eigenvalue weighted by Crippen LogP contribution is 2.38. The van der Waals surface area contributed by atoms with Crippen LogP contribution in [0.3, 0.4) is 0 Å². The van der Waals surface area contributed by atoms with E-state index in [1.54, 1.807) is 13.0 Å². The first-order chi connectivity index (χ1) is 33.0. The smallest absolute Gasteiger partial charge is 0.340 e. The number of aliphatic hydroxyl groups is 1. The number of aryl methyl sites for hydroxylation is 1. The molecule has 2 aliphatic heterocycles. The van der Waals surface area contributed by atoms with Crippen LogP contribution in [-0.2, 0) is 81.8 Å². The summed E-state index contributed by atoms with van der Waals surface area (Å²) in [6.45, 7) is 0.279. The van der Waals surface area contributed by atoms with Crippen molar-refractivity contribution in [3.63, 3.8) is 0 Å². The van der Waals surface area contributed by atoms with Crippen molar-refractivity contribution in [2.75, 3.05) is 52.9 Å². The maximum atomic E-state index is 14.8. The number of esters is 1. The Morgan fingerprint density at radius 2 is 1.59 bits per heavy atom. The fourth-order valence-electron chi connectivity index (χ4n) is 7.67. The number of nitrogens with one attached hydrogen (secondary N) is 5. The average molecular weight is 963 g/mol. The van der Waals surface area contributed by atoms with Gasteiger partial charge in [-0.3, -0.25) is 43.2 Å². The Labute approximate surface area is 392 Å². The van der Waals surface area contributed by atoms with E-state index in [4.69, 9.17) is 24.7 Å². The molecule has 0 saturated carbocycles. The molecule has 2 aromatic heterocycles. The van der Waals surface area contributed by atoms with Crippen LogP contribution in [-0.4, -0.2) is 127 Å². The average Bonchev–Trinajstić information content (AvgIpc) is 3.85. The molecule has 6 rings (SSSR count). The number of ether oxygens (including phenoxy) is 4. The molecule has 24 heteroatoms. The number of nitrogens with zero attached hydrogens (tertiary/aromatic N) is 2. The van der Waals surface area contributed by atoms with Crippen molar-refractivity contribution < 1.29 is 71.6 Å². The number of primary amides is 1. The summed E-state index contributed by atoms with van der Waals surface area (Å²) in [5.74, 6) is -6.58. The number of allylic oxidation sites excluding steroid dienone is 2. The van der Waals surface area contributed by atoms with Gasteiger partial charge >= 0.3 is 5.97 Å². The summed E-state index contributed by atoms with van der Waals surface area (Å²) < 4.78 is 37.2. The van der Waals surface area contributed by atoms with Crippen molar-refractivity contribution in [2.24, 2.45) is 11.7 Å². The number of hydrogen-bond donors (Lipinski definition) is 7. The summed E-state index contributed by atoms with van der Waals surface area (Å²) in [4.78, 5) is 128. The number of fused-ring (bicyclic) bond motifs is 5. The first-order valence-corrected chi connectivity index (χ1v) is 21.9. The third-order valence-corrected chi connectivity index (χ3v) is 11.3. The Morgan fingerprint density at radius 1 is 0.870 bits per heavy atom. The molecule has 0 fully saturated rings. The van der Waals surface area contributed by atoms with Crippen LogP contribution in [0.1, 0.15) is 66.0 Å². The van der Waals surface area contributed by atoms with Crippen LogP contribution in [0, 0.1) is 18.7 Å². The third kappa shape index (κ3) is 13.2. The van der Waals surface area contributed by atoms with Crippen LogP contribution >= 0.6 is 0 Å². The number of aromatic nitrogens is 2. The molecule has 3 aliphatic rings. The minimum atomic E-state index is -1.68. The van der Waals surface area contributed by atoms with Gasteiger partial charge in [-0.2, -0.15) is 0 Å². The third-order valence-electron chi connectivity index (χ3n) is 11.3. The van der Waals surface area contributed by atoms with Gasteiger partial charge in [0, 0.05) is 54.9 Å². The minimum Gasteiger partial charge on any atom is -0.458 e. The van der Waals surface area contributed by atoms with E-state index in [9.17, 15) is 57.4 Å². The lowest BCUT2D eigenvalue weighted by atomic mass is 9.97. The van der Waals surface area contributed by atoms with E-state index in [-0.39, 0.29) is 119 Å². The van der Waals surface area contributed by atoms with Gasteiger partial charge in [0.2, 0.25) is 35.4 Å². The Morgan fingerprint density at radius 3 is 2.33 bits per heavy atom. The SMILES string of the molecule is Cc1cc2c(CNC(=O)COCNC(=O)[C@H](CCC(N)=O)NC(=O)CNC(=O)CCOCCOCCNC(=O)CCC3C(=O)C=CC3=O)c3c(nc2cc1F)-c1cc2c(c(=O)n1C3)COC(=O)[C@H]2O. The summed E-state index contributed by atoms with van der Waals surface area (Å²) in [6.07, 6.45) is 0.341. The van der Waals surface area contributed by atoms with Gasteiger partial charge in [-0.15, -0.1) is 0 Å². The molecule has 0 radical (unpaired) electrons. The van der Waals surface area contributed by atoms with Crippen molar-refractivity contribution >= 4 is 63.9 Å². The number of amides is 6. The van der Waals surface area contributed by atoms with Crippen molar-refractivity contribution in [2.45, 2.75) is 70.9 Å². The molecule has 6 amide bonds. The lowest BCUT2D eigenvalue weighted by Gasteiger charge is -2.21. The van der Waals surface area contributed by atoms with Crippen LogP contribution in [0.25, 0.3) is 22.3 Å². The summed E-state index contributed by atoms with van der Waals surface area (Å²) in [6, 6.07) is 3.02. The number of pyridine rings is 2. The van der Waals surface area contributed by atoms with Gasteiger partial charge in [-0.25, -0.2) is 14.2 Å². The number of nitrogens with two attached hydrogens (primary N) is 1. The van der Waals surface area contributed by atoms with Gasteiger partial charge in [-0.1, -0.05) is 0 Å². The summed E-state index contributed by atoms with van der Waals surface area (Å²) in [5.41, 5.74) is 7.15. The first kappa shape index (κ1) is 51.1. The molecule has 3 aromatic rings. The first-order valence-electron chi connectivity index (χ1n) is 21.9. The largest absolute Gasteiger partial charge is 0.458 e. The normalized spacial score (nSPS) is 15.2. The molecule has 368 valence electrons. The number of hydrogen-bond acceptors (Lipinski definition) is 16. The van der Waals surface area contributed by atoms with Gasteiger partial charge in [0.1, 0.15) is 31.8 Å². The highest BCUT2D eigenvalue weighted by molar-refractivity contribution is 6.18. The zero-order chi connectivity index (χ0) is 49.8. The number of halogens is 1. The molecule has 0 spiro atoms. The number of benzene rings is 1. The molecular formula is C45H51FN8O15. The van der Waals surface area contributed by atoms with E-state index in [1.807, 2.05) is 0 Å². The summed E-state index contributed by atoms with van der Waals surface area (Å²) in [5, 5.41) is 23.6. The van der Waals surface area contributed by atoms with Gasteiger partial charge in [0.25, 0.3) is 5.56 Å². The van der Waals surface area contributed by atoms with Gasteiger partial charge in [-0.05, 0) is 55.2 Å². The summed E-state index contributed by atoms with van der Waals surface area (Å²) >= 11 is 0. The minimum absolute atomic E-state index is 0.00135. The van der Waals surface area contributed by atoms with Crippen molar-refractivity contribution in [3.05, 3.63) is 74.3 Å². The lowest BCUT2D eigenvalue weighted by Crippen LogP contribution is -2.50. The zero-order valence-electron chi connectivity index (χ0n) is 37.4. The van der Waals surface area contributed by atoms with E-state index in [0.29, 0.717) is 33.5 Å². The highest BCUT2D eigenvalue weighted by atomic mass is 19.1. The maximum absolute atomic E-state index is 14.8. The molecule has 1 aliphatic carbocycles. The van der Waals surface area contributed by atoms with Crippen LogP contribution in [0.15, 0.2) is 35.1 Å². The highest BCUT2D eigenvalue weighted by Gasteiger charge is 2.35. The van der Waals surface area contributed by atoms with Crippen LogP contribution < -0.4 is 37.9 Å². The van der Waals surface area contributed by atoms with E-state index in [0.717, 1.165) is 0 Å². The number of carbonyl (C=O) groups excluding carboxylic acids is 9. The lowest BCUT2D eigenvalue weighted by molar-refractivity contribution is -0.157. The van der Waals surface area contributed by atoms with Crippen molar-refractivity contribution in [3.8, 4) is 11.4 Å². The molecule has 23 nitrogen and oxygen atoms in total. The van der Waals surface area contributed by atoms with E-state index in [2.05, 4.69) is 31.6 Å². The quantitative estimate of drug-likeness (QED) is 0.0166. The maximum Gasteiger partial charge on any atom is 0.340 e. The standard InChI is InChI=1S/C45H51FN8O15/c1-23-14-25-27(28-19-54-33(41(28)53-32(25)16-30(23)46)15-26-29(44(54)64)20-69-45(65)42(26)62)17-49-40(61)21-68-22-51-43(63)31(3-6-36(47)57)52-39(60)18-50-38(59)8-10-66-12-13-67-11-9-48-37(58)7-2-24-34(55)4-5-35(24)56/h4-5,14-16,24,31,42,62H,2-3,6-13,17-22H2,1H3,(H2,47,57)(H,48,58)(H,49,61)(H,50,59)(H,51,63)(H,52,60)/t31-,42-/m0/s1. The Kier molecular flexibility index (Phi) is 17.5. The van der Waals surface area contributed by atoms with Crippen molar-refractivity contribution in [1.82, 2.24) is 36.1 Å². The molecule has 2 atom stereocenters. The van der Waals surface area contributed by atoms with E-state index in [1.165, 1.54) is 28.9 Å². The van der Waals surface area contributed by atoms with Crippen LogP contribution in [0.2, 0.25) is 0 Å². The fourth-order valence-corrected chi connectivity index (χ4v) is 7.67. The number of rotatable bonds is 25. The number of aliphatic hydroxyl groups excluding tert-OH is 1. The second kappa shape index (κ2) is 23.6. The Hall–Kier alpha value is -7.28.